The van der Waals surface area contributed by atoms with E-state index >= 15 is 0 Å². The van der Waals surface area contributed by atoms with E-state index in [0.29, 0.717) is 38.4 Å². The minimum Gasteiger partial charge on any atom is -0.379 e. The number of morpholine rings is 1. The molecule has 5 nitrogen and oxygen atoms in total. The lowest BCUT2D eigenvalue weighted by atomic mass is 10.0. The number of benzene rings is 2. The van der Waals surface area contributed by atoms with E-state index in [2.05, 4.69) is 33.7 Å². The molecule has 1 saturated heterocycles. The van der Waals surface area contributed by atoms with Crippen LogP contribution < -0.4 is 10.6 Å². The van der Waals surface area contributed by atoms with Gasteiger partial charge in [-0.2, -0.15) is 0 Å². The number of hydrogen-bond acceptors (Lipinski definition) is 4. The van der Waals surface area contributed by atoms with E-state index in [1.165, 1.54) is 23.3 Å². The standard InChI is InChI=1S/C21H24FN3O2/c22-19-3-1-2-16(11-19)20(25-6-8-27-9-7-25)21(26)24-12-15-4-5-17-13-23-14-18(17)10-15/h1-5,10-11,20,23H,6-9,12-14H2,(H,24,26). The average molecular weight is 369 g/mol. The largest absolute Gasteiger partial charge is 0.379 e. The molecule has 6 heteroatoms. The Labute approximate surface area is 158 Å². The van der Waals surface area contributed by atoms with Gasteiger partial charge in [-0.3, -0.25) is 9.69 Å². The molecular weight excluding hydrogens is 345 g/mol. The Hall–Kier alpha value is -2.28. The van der Waals surface area contributed by atoms with Gasteiger partial charge < -0.3 is 15.4 Å². The lowest BCUT2D eigenvalue weighted by molar-refractivity contribution is -0.128. The number of ether oxygens (including phenoxy) is 1. The third-order valence-electron chi connectivity index (χ3n) is 5.19. The zero-order chi connectivity index (χ0) is 18.6. The summed E-state index contributed by atoms with van der Waals surface area (Å²) in [6.07, 6.45) is 0. The molecule has 2 aromatic carbocycles. The van der Waals surface area contributed by atoms with Crippen LogP contribution in [0.3, 0.4) is 0 Å². The second-order valence-electron chi connectivity index (χ2n) is 7.03. The number of nitrogens with zero attached hydrogens (tertiary/aromatic N) is 1. The van der Waals surface area contributed by atoms with Crippen molar-refractivity contribution < 1.29 is 13.9 Å². The van der Waals surface area contributed by atoms with E-state index in [1.54, 1.807) is 6.07 Å². The number of carbonyl (C=O) groups is 1. The number of amides is 1. The van der Waals surface area contributed by atoms with Crippen molar-refractivity contribution in [3.8, 4) is 0 Å². The van der Waals surface area contributed by atoms with Crippen LogP contribution in [0.4, 0.5) is 4.39 Å². The van der Waals surface area contributed by atoms with Gasteiger partial charge in [0.2, 0.25) is 5.91 Å². The van der Waals surface area contributed by atoms with Crippen LogP contribution in [0.1, 0.15) is 28.3 Å². The van der Waals surface area contributed by atoms with Gasteiger partial charge in [-0.05, 0) is 34.4 Å². The summed E-state index contributed by atoms with van der Waals surface area (Å²) < 4.78 is 19.2. The van der Waals surface area contributed by atoms with Gasteiger partial charge in [-0.15, -0.1) is 0 Å². The van der Waals surface area contributed by atoms with E-state index in [1.807, 2.05) is 6.07 Å². The summed E-state index contributed by atoms with van der Waals surface area (Å²) in [7, 11) is 0. The number of fused-ring (bicyclic) bond motifs is 1. The van der Waals surface area contributed by atoms with Crippen molar-refractivity contribution >= 4 is 5.91 Å². The quantitative estimate of drug-likeness (QED) is 0.848. The molecule has 1 atom stereocenters. The number of halogens is 1. The molecule has 0 bridgehead atoms. The summed E-state index contributed by atoms with van der Waals surface area (Å²) in [6.45, 7) is 4.70. The van der Waals surface area contributed by atoms with Crippen LogP contribution in [0.25, 0.3) is 0 Å². The van der Waals surface area contributed by atoms with Gasteiger partial charge in [0, 0.05) is 32.7 Å². The van der Waals surface area contributed by atoms with Crippen molar-refractivity contribution in [2.45, 2.75) is 25.7 Å². The summed E-state index contributed by atoms with van der Waals surface area (Å²) in [5.41, 5.74) is 4.35. The van der Waals surface area contributed by atoms with E-state index in [0.717, 1.165) is 18.7 Å². The minimum absolute atomic E-state index is 0.110. The number of hydrogen-bond donors (Lipinski definition) is 2. The maximum Gasteiger partial charge on any atom is 0.242 e. The van der Waals surface area contributed by atoms with Gasteiger partial charge in [0.15, 0.2) is 0 Å². The molecule has 2 N–H and O–H groups in total. The van der Waals surface area contributed by atoms with Crippen LogP contribution in [0.5, 0.6) is 0 Å². The van der Waals surface area contributed by atoms with E-state index in [4.69, 9.17) is 4.74 Å². The second-order valence-corrected chi connectivity index (χ2v) is 7.03. The molecule has 0 saturated carbocycles. The fourth-order valence-corrected chi connectivity index (χ4v) is 3.78. The zero-order valence-corrected chi connectivity index (χ0v) is 15.2. The Morgan fingerprint density at radius 2 is 1.96 bits per heavy atom. The van der Waals surface area contributed by atoms with Crippen LogP contribution in [0.2, 0.25) is 0 Å². The maximum absolute atomic E-state index is 13.8. The topological polar surface area (TPSA) is 53.6 Å². The third kappa shape index (κ3) is 4.18. The molecule has 2 aromatic rings. The average Bonchev–Trinajstić information content (AvgIpc) is 3.15. The number of nitrogens with one attached hydrogen (secondary N) is 2. The Balaban J connectivity index is 1.49. The van der Waals surface area contributed by atoms with Crippen molar-refractivity contribution in [1.82, 2.24) is 15.5 Å². The number of carbonyl (C=O) groups excluding carboxylic acids is 1. The highest BCUT2D eigenvalue weighted by Gasteiger charge is 2.29. The molecule has 0 aromatic heterocycles. The fraction of sp³-hybridized carbons (Fsp3) is 0.381. The Morgan fingerprint density at radius 1 is 1.15 bits per heavy atom. The summed E-state index contributed by atoms with van der Waals surface area (Å²) in [5, 5.41) is 6.37. The molecule has 2 aliphatic heterocycles. The van der Waals surface area contributed by atoms with Crippen LogP contribution in [-0.4, -0.2) is 37.1 Å². The van der Waals surface area contributed by atoms with Gasteiger partial charge >= 0.3 is 0 Å². The molecule has 1 fully saturated rings. The second kappa shape index (κ2) is 8.17. The third-order valence-corrected chi connectivity index (χ3v) is 5.19. The molecule has 27 heavy (non-hydrogen) atoms. The fourth-order valence-electron chi connectivity index (χ4n) is 3.78. The SMILES string of the molecule is O=C(NCc1ccc2c(c1)CNC2)C(c1cccc(F)c1)N1CCOCC1. The summed E-state index contributed by atoms with van der Waals surface area (Å²) in [5.74, 6) is -0.439. The van der Waals surface area contributed by atoms with Crippen molar-refractivity contribution in [2.24, 2.45) is 0 Å². The highest BCUT2D eigenvalue weighted by molar-refractivity contribution is 5.83. The van der Waals surface area contributed by atoms with E-state index in [-0.39, 0.29) is 11.7 Å². The van der Waals surface area contributed by atoms with Crippen molar-refractivity contribution in [2.75, 3.05) is 26.3 Å². The van der Waals surface area contributed by atoms with Gasteiger partial charge in [0.25, 0.3) is 0 Å². The molecule has 1 amide bonds. The van der Waals surface area contributed by atoms with E-state index in [9.17, 15) is 9.18 Å². The van der Waals surface area contributed by atoms with Crippen LogP contribution >= 0.6 is 0 Å². The first kappa shape index (κ1) is 18.1. The van der Waals surface area contributed by atoms with E-state index < -0.39 is 6.04 Å². The Morgan fingerprint density at radius 3 is 2.78 bits per heavy atom. The molecule has 0 spiro atoms. The van der Waals surface area contributed by atoms with Crippen molar-refractivity contribution in [3.63, 3.8) is 0 Å². The van der Waals surface area contributed by atoms with Crippen LogP contribution in [-0.2, 0) is 29.2 Å². The van der Waals surface area contributed by atoms with Crippen molar-refractivity contribution in [3.05, 3.63) is 70.5 Å². The van der Waals surface area contributed by atoms with Gasteiger partial charge in [0.05, 0.1) is 13.2 Å². The predicted molar refractivity (Wildman–Crippen MR) is 100 cm³/mol. The van der Waals surface area contributed by atoms with Gasteiger partial charge in [0.1, 0.15) is 11.9 Å². The summed E-state index contributed by atoms with van der Waals surface area (Å²) in [4.78, 5) is 15.1. The molecular formula is C21H24FN3O2. The first-order valence-electron chi connectivity index (χ1n) is 9.37. The minimum atomic E-state index is -0.513. The highest BCUT2D eigenvalue weighted by Crippen LogP contribution is 2.23. The normalized spacial score (nSPS) is 18.1. The summed E-state index contributed by atoms with van der Waals surface area (Å²) in [6, 6.07) is 12.1. The first-order valence-corrected chi connectivity index (χ1v) is 9.37. The van der Waals surface area contributed by atoms with Crippen LogP contribution in [0.15, 0.2) is 42.5 Å². The molecule has 1 unspecified atom stereocenters. The van der Waals surface area contributed by atoms with Crippen molar-refractivity contribution in [1.29, 1.82) is 0 Å². The van der Waals surface area contributed by atoms with Crippen LogP contribution in [0, 0.1) is 5.82 Å². The zero-order valence-electron chi connectivity index (χ0n) is 15.2. The molecule has 4 rings (SSSR count). The van der Waals surface area contributed by atoms with Gasteiger partial charge in [-0.1, -0.05) is 30.3 Å². The lowest BCUT2D eigenvalue weighted by Gasteiger charge is -2.33. The Kier molecular flexibility index (Phi) is 5.48. The molecule has 2 aliphatic rings. The molecule has 0 aliphatic carbocycles. The molecule has 0 radical (unpaired) electrons. The predicted octanol–water partition coefficient (Wildman–Crippen LogP) is 2.12. The Bertz CT molecular complexity index is 821. The number of rotatable bonds is 5. The van der Waals surface area contributed by atoms with Gasteiger partial charge in [-0.25, -0.2) is 4.39 Å². The molecule has 2 heterocycles. The maximum atomic E-state index is 13.8. The lowest BCUT2D eigenvalue weighted by Crippen LogP contribution is -2.45. The molecule has 142 valence electrons. The first-order chi connectivity index (χ1) is 13.2. The monoisotopic (exact) mass is 369 g/mol. The smallest absolute Gasteiger partial charge is 0.242 e. The highest BCUT2D eigenvalue weighted by atomic mass is 19.1. The summed E-state index contributed by atoms with van der Waals surface area (Å²) >= 11 is 0.